The quantitative estimate of drug-likeness (QED) is 0.830. The molecule has 0 amide bonds. The molecule has 84 valence electrons. The Morgan fingerprint density at radius 2 is 1.75 bits per heavy atom. The van der Waals surface area contributed by atoms with Crippen LogP contribution in [0.25, 0.3) is 0 Å². The van der Waals surface area contributed by atoms with Crippen molar-refractivity contribution in [3.8, 4) is 0 Å². The van der Waals surface area contributed by atoms with Crippen LogP contribution in [0.5, 0.6) is 0 Å². The molecule has 1 aromatic carbocycles. The molecule has 2 nitrogen and oxygen atoms in total. The summed E-state index contributed by atoms with van der Waals surface area (Å²) in [4.78, 5) is 9.37. The zero-order chi connectivity index (χ0) is 12.6. The number of hydrogen-bond donors (Lipinski definition) is 1. The normalized spacial score (nSPS) is 9.62. The minimum Gasteiger partial charge on any atom is -0.481 e. The van der Waals surface area contributed by atoms with Crippen LogP contribution >= 0.6 is 0 Å². The van der Waals surface area contributed by atoms with Crippen molar-refractivity contribution in [1.29, 1.82) is 0 Å². The molecule has 0 aromatic heterocycles. The van der Waals surface area contributed by atoms with Crippen molar-refractivity contribution in [2.45, 2.75) is 33.6 Å². The van der Waals surface area contributed by atoms with Crippen molar-refractivity contribution < 1.29 is 9.90 Å². The summed E-state index contributed by atoms with van der Waals surface area (Å²) in [7, 11) is 0. The molecule has 0 saturated heterocycles. The monoisotopic (exact) mass is 246 g/mol. The maximum atomic E-state index is 9.37. The largest absolute Gasteiger partial charge is 0.481 e. The van der Waals surface area contributed by atoms with Crippen LogP contribution in [0.15, 0.2) is 24.3 Å². The number of hydrogen-bond acceptors (Lipinski definition) is 1. The van der Waals surface area contributed by atoms with Crippen LogP contribution in [0.3, 0.4) is 0 Å². The van der Waals surface area contributed by atoms with Gasteiger partial charge in [0.1, 0.15) is 0 Å². The molecule has 1 aromatic rings. The van der Waals surface area contributed by atoms with Gasteiger partial charge >= 0.3 is 111 Å². The number of rotatable bonds is 3. The van der Waals surface area contributed by atoms with Crippen LogP contribution in [0, 0.1) is 5.92 Å². The molecular formula is C13H19KO2. The van der Waals surface area contributed by atoms with E-state index in [2.05, 4.69) is 38.1 Å². The van der Waals surface area contributed by atoms with Crippen LogP contribution in [0.1, 0.15) is 32.8 Å². The summed E-state index contributed by atoms with van der Waals surface area (Å²) in [6.45, 7) is 6.12. The molecule has 0 unspecified atom stereocenters. The van der Waals surface area contributed by atoms with Crippen molar-refractivity contribution in [2.75, 3.05) is 0 Å². The van der Waals surface area contributed by atoms with Crippen molar-refractivity contribution in [3.63, 3.8) is 0 Å². The fourth-order valence-corrected chi connectivity index (χ4v) is 1.72. The zero-order valence-corrected chi connectivity index (χ0v) is 13.8. The number of carboxylic acids is 1. The van der Waals surface area contributed by atoms with E-state index >= 15 is 0 Å². The molecule has 0 aliphatic rings. The molecule has 0 aliphatic carbocycles. The summed E-state index contributed by atoms with van der Waals surface area (Å²) >= 11 is 0.837. The molecule has 0 spiro atoms. The zero-order valence-electron chi connectivity index (χ0n) is 10.7. The van der Waals surface area contributed by atoms with Crippen LogP contribution < -0.4 is -0.342 Å². The first-order chi connectivity index (χ1) is 7.45. The second-order valence-electron chi connectivity index (χ2n) is 4.33. The molecule has 0 fully saturated rings. The first-order valence-corrected chi connectivity index (χ1v) is 7.29. The van der Waals surface area contributed by atoms with Gasteiger partial charge in [-0.05, 0) is 0 Å². The van der Waals surface area contributed by atoms with Crippen molar-refractivity contribution in [3.05, 3.63) is 29.8 Å². The first-order valence-electron chi connectivity index (χ1n) is 5.73. The molecular weight excluding hydrogens is 227 g/mol. The fraction of sp³-hybridized carbons (Fsp3) is 0.462. The molecule has 0 bridgehead atoms. The number of carboxylic acid groups (broad SMARTS) is 1. The maximum Gasteiger partial charge on any atom is 0.303 e. The van der Waals surface area contributed by atoms with E-state index < -0.39 is 5.97 Å². The Kier molecular flexibility index (Phi) is 9.56. The van der Waals surface area contributed by atoms with Gasteiger partial charge in [-0.25, -0.2) is 0 Å². The van der Waals surface area contributed by atoms with E-state index in [1.165, 1.54) is 11.6 Å². The smallest absolute Gasteiger partial charge is 0.303 e. The molecule has 1 rings (SSSR count). The van der Waals surface area contributed by atoms with Gasteiger partial charge in [0.2, 0.25) is 0 Å². The summed E-state index contributed by atoms with van der Waals surface area (Å²) in [6.07, 6.45) is 1.44. The minimum absolute atomic E-state index is 0.222. The van der Waals surface area contributed by atoms with Gasteiger partial charge in [0.25, 0.3) is 0 Å². The second kappa shape index (κ2) is 9.37. The molecule has 0 heterocycles. The van der Waals surface area contributed by atoms with E-state index in [1.807, 2.05) is 0 Å². The number of benzene rings is 1. The Labute approximate surface area is 132 Å². The Morgan fingerprint density at radius 1 is 1.31 bits per heavy atom. The van der Waals surface area contributed by atoms with Gasteiger partial charge in [-0.15, -0.1) is 0 Å². The summed E-state index contributed by atoms with van der Waals surface area (Å²) in [5, 5.41) is 7.72. The molecule has 0 aliphatic heterocycles. The van der Waals surface area contributed by atoms with Crippen LogP contribution in [-0.4, -0.2) is 60.0 Å². The van der Waals surface area contributed by atoms with E-state index in [-0.39, 0.29) is 6.42 Å². The van der Waals surface area contributed by atoms with Gasteiger partial charge in [0.05, 0.1) is 0 Å². The molecule has 0 atom stereocenters. The fourth-order valence-electron chi connectivity index (χ4n) is 1.20. The molecule has 16 heavy (non-hydrogen) atoms. The van der Waals surface area contributed by atoms with Gasteiger partial charge in [0.15, 0.2) is 0 Å². The topological polar surface area (TPSA) is 37.3 Å². The summed E-state index contributed by atoms with van der Waals surface area (Å²) in [5.41, 5.74) is 1.48. The third-order valence-electron chi connectivity index (χ3n) is 2.07. The van der Waals surface area contributed by atoms with E-state index in [1.54, 1.807) is 6.92 Å². The molecule has 0 saturated carbocycles. The van der Waals surface area contributed by atoms with Gasteiger partial charge in [-0.2, -0.15) is 0 Å². The minimum atomic E-state index is -0.745. The predicted molar refractivity (Wildman–Crippen MR) is 68.3 cm³/mol. The average Bonchev–Trinajstić information content (AvgIpc) is 2.22. The van der Waals surface area contributed by atoms with Gasteiger partial charge in [-0.1, -0.05) is 6.92 Å². The Bertz CT molecular complexity index is 304. The summed E-state index contributed by atoms with van der Waals surface area (Å²) < 4.78 is 1.53. The average molecular weight is 246 g/mol. The maximum absolute atomic E-state index is 9.37. The van der Waals surface area contributed by atoms with Crippen LogP contribution in [0.4, 0.5) is 0 Å². The van der Waals surface area contributed by atoms with Gasteiger partial charge < -0.3 is 5.11 Å². The summed E-state index contributed by atoms with van der Waals surface area (Å²) in [6, 6.07) is 9.05. The van der Waals surface area contributed by atoms with Crippen molar-refractivity contribution >= 4 is 54.6 Å². The standard InChI is InChI=1S/C10H13.C3H6O2.K/c1-9(2)8-10-6-4-3-5-7-10;1-2-3(4)5;/h4-7,9H,8H2,1-2H3;2H2,1H3,(H,4,5);. The Morgan fingerprint density at radius 3 is 2.06 bits per heavy atom. The van der Waals surface area contributed by atoms with E-state index in [0.29, 0.717) is 0 Å². The molecule has 3 heteroatoms. The number of aliphatic carboxylic acids is 1. The third kappa shape index (κ3) is 9.55. The summed E-state index contributed by atoms with van der Waals surface area (Å²) in [5.74, 6) is 0.0317. The molecule has 0 radical (unpaired) electrons. The number of carbonyl (C=O) groups is 1. The Hall–Kier alpha value is 0.326. The van der Waals surface area contributed by atoms with Gasteiger partial charge in [0, 0.05) is 6.42 Å². The predicted octanol–water partition coefficient (Wildman–Crippen LogP) is 2.16. The van der Waals surface area contributed by atoms with Crippen molar-refractivity contribution in [2.24, 2.45) is 5.92 Å². The molecule has 1 N–H and O–H groups in total. The SMILES string of the molecule is CC(C)Cc1cc[c]([K])cc1.CCC(=O)O. The van der Waals surface area contributed by atoms with E-state index in [9.17, 15) is 4.79 Å². The van der Waals surface area contributed by atoms with Gasteiger partial charge in [-0.3, -0.25) is 4.79 Å². The second-order valence-corrected chi connectivity index (χ2v) is 6.13. The van der Waals surface area contributed by atoms with Crippen LogP contribution in [0.2, 0.25) is 0 Å². The van der Waals surface area contributed by atoms with E-state index in [0.717, 1.165) is 54.9 Å². The van der Waals surface area contributed by atoms with E-state index in [4.69, 9.17) is 5.11 Å². The first kappa shape index (κ1) is 16.3. The van der Waals surface area contributed by atoms with Crippen molar-refractivity contribution in [1.82, 2.24) is 0 Å². The Balaban J connectivity index is 0.000000385. The third-order valence-corrected chi connectivity index (χ3v) is 3.11. The van der Waals surface area contributed by atoms with Crippen LogP contribution in [-0.2, 0) is 11.2 Å².